The minimum Gasteiger partial charge on any atom is -0.427 e. The number of rotatable bonds is 10. The summed E-state index contributed by atoms with van der Waals surface area (Å²) in [6.45, 7) is 3.71. The predicted octanol–water partition coefficient (Wildman–Crippen LogP) is 5.55. The van der Waals surface area contributed by atoms with E-state index in [9.17, 15) is 4.79 Å². The zero-order chi connectivity index (χ0) is 14.6. The summed E-state index contributed by atoms with van der Waals surface area (Å²) in [6.07, 6.45) is 10.4. The van der Waals surface area contributed by atoms with Crippen molar-refractivity contribution in [3.63, 3.8) is 0 Å². The van der Waals surface area contributed by atoms with Crippen molar-refractivity contribution in [3.05, 3.63) is 41.9 Å². The number of carbonyl (C=O) groups excluding carboxylic acids is 1. The fourth-order valence-electron chi connectivity index (χ4n) is 1.95. The van der Waals surface area contributed by atoms with Crippen LogP contribution in [0.15, 0.2) is 36.9 Å². The van der Waals surface area contributed by atoms with Gasteiger partial charge in [-0.1, -0.05) is 43.4 Å². The van der Waals surface area contributed by atoms with Crippen LogP contribution in [0.2, 0.25) is 5.02 Å². The van der Waals surface area contributed by atoms with E-state index >= 15 is 0 Å². The van der Waals surface area contributed by atoms with Gasteiger partial charge in [-0.25, -0.2) is 0 Å². The van der Waals surface area contributed by atoms with Crippen LogP contribution in [-0.4, -0.2) is 5.97 Å². The van der Waals surface area contributed by atoms with E-state index in [2.05, 4.69) is 6.58 Å². The molecule has 2 nitrogen and oxygen atoms in total. The van der Waals surface area contributed by atoms with Gasteiger partial charge < -0.3 is 4.74 Å². The minimum absolute atomic E-state index is 0.168. The monoisotopic (exact) mass is 294 g/mol. The number of unbranched alkanes of at least 4 members (excludes halogenated alkanes) is 6. The fourth-order valence-corrected chi connectivity index (χ4v) is 2.08. The van der Waals surface area contributed by atoms with Crippen molar-refractivity contribution in [2.45, 2.75) is 51.4 Å². The van der Waals surface area contributed by atoms with E-state index in [1.165, 1.54) is 25.7 Å². The number of hydrogen-bond acceptors (Lipinski definition) is 2. The van der Waals surface area contributed by atoms with Crippen LogP contribution in [0.5, 0.6) is 5.75 Å². The molecule has 0 spiro atoms. The number of carbonyl (C=O) groups is 1. The molecule has 0 saturated heterocycles. The first-order valence-corrected chi connectivity index (χ1v) is 7.67. The predicted molar refractivity (Wildman–Crippen MR) is 84.2 cm³/mol. The average molecular weight is 295 g/mol. The smallest absolute Gasteiger partial charge is 0.311 e. The number of hydrogen-bond donors (Lipinski definition) is 0. The van der Waals surface area contributed by atoms with E-state index in [-0.39, 0.29) is 5.97 Å². The van der Waals surface area contributed by atoms with E-state index in [0.717, 1.165) is 19.3 Å². The lowest BCUT2D eigenvalue weighted by Crippen LogP contribution is -2.07. The van der Waals surface area contributed by atoms with Crippen LogP contribution < -0.4 is 4.74 Å². The highest BCUT2D eigenvalue weighted by atomic mass is 35.5. The lowest BCUT2D eigenvalue weighted by atomic mass is 10.1. The van der Waals surface area contributed by atoms with Gasteiger partial charge in [0, 0.05) is 11.4 Å². The molecule has 0 N–H and O–H groups in total. The van der Waals surface area contributed by atoms with E-state index in [4.69, 9.17) is 16.3 Å². The van der Waals surface area contributed by atoms with Crippen molar-refractivity contribution in [1.29, 1.82) is 0 Å². The third kappa shape index (κ3) is 8.00. The first kappa shape index (κ1) is 16.8. The largest absolute Gasteiger partial charge is 0.427 e. The Bertz CT molecular complexity index is 398. The molecule has 0 aliphatic carbocycles. The van der Waals surface area contributed by atoms with Crippen molar-refractivity contribution < 1.29 is 9.53 Å². The van der Waals surface area contributed by atoms with Gasteiger partial charge in [-0.15, -0.1) is 6.58 Å². The summed E-state index contributed by atoms with van der Waals surface area (Å²) in [7, 11) is 0. The average Bonchev–Trinajstić information content (AvgIpc) is 2.44. The van der Waals surface area contributed by atoms with E-state index in [0.29, 0.717) is 17.2 Å². The number of halogens is 1. The molecule has 1 aromatic carbocycles. The van der Waals surface area contributed by atoms with Crippen LogP contribution >= 0.6 is 11.6 Å². The molecule has 0 fully saturated rings. The van der Waals surface area contributed by atoms with Crippen LogP contribution in [0, 0.1) is 0 Å². The Kier molecular flexibility index (Phi) is 8.81. The molecule has 0 aliphatic heterocycles. The molecule has 0 aromatic heterocycles. The normalized spacial score (nSPS) is 10.2. The second kappa shape index (κ2) is 10.5. The molecule has 0 unspecified atom stereocenters. The maximum absolute atomic E-state index is 11.6. The molecule has 1 aromatic rings. The van der Waals surface area contributed by atoms with Crippen LogP contribution in [0.3, 0.4) is 0 Å². The van der Waals surface area contributed by atoms with E-state index in [1.54, 1.807) is 24.3 Å². The second-order valence-corrected chi connectivity index (χ2v) is 5.31. The Morgan fingerprint density at radius 3 is 2.30 bits per heavy atom. The van der Waals surface area contributed by atoms with Crippen LogP contribution in [0.25, 0.3) is 0 Å². The van der Waals surface area contributed by atoms with E-state index in [1.807, 2.05) is 6.08 Å². The number of ether oxygens (including phenoxy) is 1. The SMILES string of the molecule is C=CCCCCCCCCC(=O)Oc1ccc(Cl)cc1. The maximum Gasteiger partial charge on any atom is 0.311 e. The topological polar surface area (TPSA) is 26.3 Å². The van der Waals surface area contributed by atoms with Crippen molar-refractivity contribution >= 4 is 17.6 Å². The summed E-state index contributed by atoms with van der Waals surface area (Å²) in [5.74, 6) is 0.391. The van der Waals surface area contributed by atoms with Crippen LogP contribution in [0.1, 0.15) is 51.4 Å². The molecule has 110 valence electrons. The highest BCUT2D eigenvalue weighted by molar-refractivity contribution is 6.30. The summed E-state index contributed by atoms with van der Waals surface area (Å²) in [4.78, 5) is 11.6. The first-order chi connectivity index (χ1) is 9.72. The Balaban J connectivity index is 2.03. The Hall–Kier alpha value is -1.28. The lowest BCUT2D eigenvalue weighted by Gasteiger charge is -2.04. The van der Waals surface area contributed by atoms with Gasteiger partial charge >= 0.3 is 5.97 Å². The molecule has 0 saturated carbocycles. The van der Waals surface area contributed by atoms with Crippen molar-refractivity contribution in [2.24, 2.45) is 0 Å². The van der Waals surface area contributed by atoms with Crippen LogP contribution in [0.4, 0.5) is 0 Å². The first-order valence-electron chi connectivity index (χ1n) is 7.29. The molecule has 20 heavy (non-hydrogen) atoms. The molecule has 0 amide bonds. The Labute approximate surface area is 126 Å². The lowest BCUT2D eigenvalue weighted by molar-refractivity contribution is -0.134. The zero-order valence-electron chi connectivity index (χ0n) is 11.9. The Morgan fingerprint density at radius 1 is 1.05 bits per heavy atom. The summed E-state index contributed by atoms with van der Waals surface area (Å²) in [5.41, 5.74) is 0. The van der Waals surface area contributed by atoms with Crippen molar-refractivity contribution in [3.8, 4) is 5.75 Å². The van der Waals surface area contributed by atoms with Gasteiger partial charge in [-0.3, -0.25) is 4.79 Å². The van der Waals surface area contributed by atoms with E-state index < -0.39 is 0 Å². The van der Waals surface area contributed by atoms with Gasteiger partial charge in [-0.2, -0.15) is 0 Å². The molecule has 0 heterocycles. The fraction of sp³-hybridized carbons (Fsp3) is 0.471. The molecule has 0 radical (unpaired) electrons. The number of benzene rings is 1. The molecule has 3 heteroatoms. The second-order valence-electron chi connectivity index (χ2n) is 4.88. The summed E-state index contributed by atoms with van der Waals surface area (Å²) < 4.78 is 5.22. The number of esters is 1. The number of allylic oxidation sites excluding steroid dienone is 1. The molecule has 0 aliphatic rings. The van der Waals surface area contributed by atoms with Crippen LogP contribution in [-0.2, 0) is 4.79 Å². The van der Waals surface area contributed by atoms with Gasteiger partial charge in [-0.05, 0) is 43.5 Å². The summed E-state index contributed by atoms with van der Waals surface area (Å²) >= 11 is 5.77. The van der Waals surface area contributed by atoms with Gasteiger partial charge in [0.05, 0.1) is 0 Å². The van der Waals surface area contributed by atoms with Gasteiger partial charge in [0.1, 0.15) is 5.75 Å². The van der Waals surface area contributed by atoms with Gasteiger partial charge in [0.25, 0.3) is 0 Å². The standard InChI is InChI=1S/C17H23ClO2/c1-2-3-4-5-6-7-8-9-10-17(19)20-16-13-11-15(18)12-14-16/h2,11-14H,1,3-10H2. The van der Waals surface area contributed by atoms with Crippen molar-refractivity contribution in [2.75, 3.05) is 0 Å². The zero-order valence-corrected chi connectivity index (χ0v) is 12.7. The quantitative estimate of drug-likeness (QED) is 0.245. The van der Waals surface area contributed by atoms with Gasteiger partial charge in [0.2, 0.25) is 0 Å². The summed E-state index contributed by atoms with van der Waals surface area (Å²) in [6, 6.07) is 6.85. The molecule has 0 atom stereocenters. The van der Waals surface area contributed by atoms with Gasteiger partial charge in [0.15, 0.2) is 0 Å². The molecular weight excluding hydrogens is 272 g/mol. The molecular formula is C17H23ClO2. The highest BCUT2D eigenvalue weighted by Crippen LogP contribution is 2.16. The maximum atomic E-state index is 11.6. The third-order valence-electron chi connectivity index (χ3n) is 3.08. The molecule has 0 bridgehead atoms. The molecule has 1 rings (SSSR count). The highest BCUT2D eigenvalue weighted by Gasteiger charge is 2.04. The Morgan fingerprint density at radius 2 is 1.65 bits per heavy atom. The summed E-state index contributed by atoms with van der Waals surface area (Å²) in [5, 5.41) is 0.640. The third-order valence-corrected chi connectivity index (χ3v) is 3.34. The minimum atomic E-state index is -0.168. The van der Waals surface area contributed by atoms with Crippen molar-refractivity contribution in [1.82, 2.24) is 0 Å².